The van der Waals surface area contributed by atoms with Crippen molar-refractivity contribution in [3.8, 4) is 0 Å². The zero-order valence-electron chi connectivity index (χ0n) is 15.8. The number of likely N-dealkylation sites (N-methyl/N-ethyl adjacent to an activating group) is 1. The average Bonchev–Trinajstić information content (AvgIpc) is 2.64. The molecule has 1 fully saturated rings. The van der Waals surface area contributed by atoms with Crippen molar-refractivity contribution in [2.24, 2.45) is 0 Å². The molecule has 0 bridgehead atoms. The van der Waals surface area contributed by atoms with Gasteiger partial charge >= 0.3 is 6.18 Å². The van der Waals surface area contributed by atoms with E-state index in [2.05, 4.69) is 10.2 Å². The molecule has 0 spiro atoms. The van der Waals surface area contributed by atoms with Crippen LogP contribution in [-0.2, 0) is 6.18 Å². The molecule has 1 aliphatic rings. The Bertz CT molecular complexity index is 874. The van der Waals surface area contributed by atoms with Crippen LogP contribution in [0.4, 0.5) is 30.2 Å². The monoisotopic (exact) mass is 392 g/mol. The lowest BCUT2D eigenvalue weighted by atomic mass is 10.1. The molecular formula is C20H23F3N4O. The number of piperazine rings is 1. The summed E-state index contributed by atoms with van der Waals surface area (Å²) in [5, 5.41) is 2.63. The molecule has 0 atom stereocenters. The summed E-state index contributed by atoms with van der Waals surface area (Å²) in [7, 11) is 1.97. The van der Waals surface area contributed by atoms with Gasteiger partial charge in [-0.25, -0.2) is 0 Å². The van der Waals surface area contributed by atoms with Crippen LogP contribution in [0.1, 0.15) is 21.5 Å². The van der Waals surface area contributed by atoms with Gasteiger partial charge in [-0.1, -0.05) is 6.07 Å². The van der Waals surface area contributed by atoms with Gasteiger partial charge < -0.3 is 20.9 Å². The average molecular weight is 392 g/mol. The third kappa shape index (κ3) is 4.56. The fourth-order valence-corrected chi connectivity index (χ4v) is 3.07. The zero-order chi connectivity index (χ0) is 20.5. The molecule has 0 aromatic heterocycles. The maximum Gasteiger partial charge on any atom is 0.416 e. The number of halogens is 3. The van der Waals surface area contributed by atoms with Gasteiger partial charge in [-0.2, -0.15) is 13.2 Å². The van der Waals surface area contributed by atoms with Crippen molar-refractivity contribution in [2.45, 2.75) is 13.1 Å². The van der Waals surface area contributed by atoms with Crippen LogP contribution in [-0.4, -0.2) is 44.0 Å². The van der Waals surface area contributed by atoms with Crippen molar-refractivity contribution >= 4 is 23.0 Å². The van der Waals surface area contributed by atoms with E-state index in [-0.39, 0.29) is 5.56 Å². The first-order valence-electron chi connectivity index (χ1n) is 8.97. The number of rotatable bonds is 3. The number of alkyl halides is 3. The van der Waals surface area contributed by atoms with Crippen LogP contribution in [0.5, 0.6) is 0 Å². The molecule has 3 N–H and O–H groups in total. The maximum atomic E-state index is 13.4. The van der Waals surface area contributed by atoms with Gasteiger partial charge in [0.15, 0.2) is 0 Å². The van der Waals surface area contributed by atoms with E-state index < -0.39 is 17.6 Å². The molecule has 0 radical (unpaired) electrons. The van der Waals surface area contributed by atoms with Gasteiger partial charge in [0.05, 0.1) is 5.56 Å². The number of hydrogen-bond acceptors (Lipinski definition) is 4. The Kier molecular flexibility index (Phi) is 5.51. The van der Waals surface area contributed by atoms with Gasteiger partial charge in [-0.3, -0.25) is 4.79 Å². The molecule has 28 heavy (non-hydrogen) atoms. The number of nitrogens with zero attached hydrogens (tertiary/aromatic N) is 2. The van der Waals surface area contributed by atoms with E-state index in [1.54, 1.807) is 18.2 Å². The van der Waals surface area contributed by atoms with Gasteiger partial charge in [-0.05, 0) is 49.9 Å². The molecule has 1 heterocycles. The van der Waals surface area contributed by atoms with Crippen LogP contribution >= 0.6 is 0 Å². The van der Waals surface area contributed by atoms with Crippen LogP contribution in [0, 0.1) is 6.92 Å². The minimum atomic E-state index is -4.54. The number of nitrogens with one attached hydrogen (secondary N) is 1. The summed E-state index contributed by atoms with van der Waals surface area (Å²) >= 11 is 0. The quantitative estimate of drug-likeness (QED) is 0.784. The highest BCUT2D eigenvalue weighted by molar-refractivity contribution is 6.05. The highest BCUT2D eigenvalue weighted by Crippen LogP contribution is 2.33. The predicted octanol–water partition coefficient (Wildman–Crippen LogP) is 3.60. The Labute approximate surface area is 161 Å². The van der Waals surface area contributed by atoms with Gasteiger partial charge in [0.1, 0.15) is 0 Å². The number of carbonyl (C=O) groups excluding carboxylic acids is 1. The summed E-state index contributed by atoms with van der Waals surface area (Å²) in [6, 6.07) is 8.49. The summed E-state index contributed by atoms with van der Waals surface area (Å²) < 4.78 is 40.2. The molecule has 1 saturated heterocycles. The summed E-state index contributed by atoms with van der Waals surface area (Å²) in [6.45, 7) is 4.54. The van der Waals surface area contributed by atoms with Crippen LogP contribution in [0.25, 0.3) is 0 Å². The number of amides is 1. The largest absolute Gasteiger partial charge is 0.416 e. The van der Waals surface area contributed by atoms with Crippen LogP contribution in [0.2, 0.25) is 0 Å². The smallest absolute Gasteiger partial charge is 0.398 e. The first-order valence-corrected chi connectivity index (χ1v) is 8.97. The van der Waals surface area contributed by atoms with Crippen molar-refractivity contribution in [1.29, 1.82) is 0 Å². The summed E-state index contributed by atoms with van der Waals surface area (Å²) in [6.07, 6.45) is -4.54. The lowest BCUT2D eigenvalue weighted by Crippen LogP contribution is -2.44. The number of nitrogens with two attached hydrogens (primary N) is 1. The third-order valence-electron chi connectivity index (χ3n) is 4.91. The van der Waals surface area contributed by atoms with Gasteiger partial charge in [-0.15, -0.1) is 0 Å². The van der Waals surface area contributed by atoms with Gasteiger partial charge in [0.25, 0.3) is 5.91 Å². The number of benzene rings is 2. The number of aryl methyl sites for hydroxylation is 1. The lowest BCUT2D eigenvalue weighted by Gasteiger charge is -2.34. The van der Waals surface area contributed by atoms with E-state index in [1.807, 2.05) is 18.9 Å². The lowest BCUT2D eigenvalue weighted by molar-refractivity contribution is -0.137. The summed E-state index contributed by atoms with van der Waals surface area (Å²) in [5.74, 6) is -0.607. The second kappa shape index (κ2) is 7.71. The molecule has 150 valence electrons. The first kappa shape index (κ1) is 20.0. The van der Waals surface area contributed by atoms with E-state index in [0.29, 0.717) is 30.2 Å². The maximum absolute atomic E-state index is 13.4. The van der Waals surface area contributed by atoms with E-state index in [0.717, 1.165) is 30.8 Å². The molecule has 8 heteroatoms. The highest BCUT2D eigenvalue weighted by atomic mass is 19.4. The normalized spacial score (nSPS) is 15.5. The van der Waals surface area contributed by atoms with Crippen LogP contribution in [0.3, 0.4) is 0 Å². The number of anilines is 3. The summed E-state index contributed by atoms with van der Waals surface area (Å²) in [4.78, 5) is 16.6. The molecule has 1 aliphatic heterocycles. The van der Waals surface area contributed by atoms with Crippen molar-refractivity contribution in [1.82, 2.24) is 4.90 Å². The van der Waals surface area contributed by atoms with Crippen molar-refractivity contribution in [3.05, 3.63) is 53.1 Å². The van der Waals surface area contributed by atoms with E-state index in [1.165, 1.54) is 6.07 Å². The van der Waals surface area contributed by atoms with Crippen molar-refractivity contribution < 1.29 is 18.0 Å². The number of carbonyl (C=O) groups is 1. The third-order valence-corrected chi connectivity index (χ3v) is 4.91. The molecule has 0 unspecified atom stereocenters. The molecule has 5 nitrogen and oxygen atoms in total. The van der Waals surface area contributed by atoms with Crippen LogP contribution in [0.15, 0.2) is 36.4 Å². The SMILES string of the molecule is Cc1ccc(NC(=O)c2cc(N3CCN(C)CC3)cc(C(F)(F)F)c2)cc1N. The zero-order valence-corrected chi connectivity index (χ0v) is 15.8. The predicted molar refractivity (Wildman–Crippen MR) is 105 cm³/mol. The topological polar surface area (TPSA) is 61.6 Å². The number of nitrogen functional groups attached to an aromatic ring is 1. The molecule has 1 amide bonds. The van der Waals surface area contributed by atoms with Crippen molar-refractivity contribution in [2.75, 3.05) is 49.2 Å². The van der Waals surface area contributed by atoms with E-state index >= 15 is 0 Å². The van der Waals surface area contributed by atoms with Crippen LogP contribution < -0.4 is 16.0 Å². The van der Waals surface area contributed by atoms with E-state index in [9.17, 15) is 18.0 Å². The second-order valence-corrected chi connectivity index (χ2v) is 7.08. The number of hydrogen-bond donors (Lipinski definition) is 2. The van der Waals surface area contributed by atoms with Crippen molar-refractivity contribution in [3.63, 3.8) is 0 Å². The highest BCUT2D eigenvalue weighted by Gasteiger charge is 2.32. The minimum Gasteiger partial charge on any atom is -0.398 e. The Morgan fingerprint density at radius 1 is 1.07 bits per heavy atom. The van der Waals surface area contributed by atoms with Gasteiger partial charge in [0.2, 0.25) is 0 Å². The Morgan fingerprint density at radius 3 is 2.36 bits per heavy atom. The van der Waals surface area contributed by atoms with E-state index in [4.69, 9.17) is 5.73 Å². The fourth-order valence-electron chi connectivity index (χ4n) is 3.07. The molecule has 2 aromatic carbocycles. The standard InChI is InChI=1S/C20H23F3N4O/c1-13-3-4-16(12-18(13)24)25-19(28)14-9-15(20(21,22)23)11-17(10-14)27-7-5-26(2)6-8-27/h3-4,9-12H,5-8,24H2,1-2H3,(H,25,28). The molecular weight excluding hydrogens is 369 g/mol. The Morgan fingerprint density at radius 2 is 1.75 bits per heavy atom. The molecule has 3 rings (SSSR count). The Hall–Kier alpha value is -2.74. The molecule has 0 aliphatic carbocycles. The second-order valence-electron chi connectivity index (χ2n) is 7.08. The Balaban J connectivity index is 1.91. The molecule has 0 saturated carbocycles. The first-order chi connectivity index (χ1) is 13.1. The fraction of sp³-hybridized carbons (Fsp3) is 0.350. The van der Waals surface area contributed by atoms with Gasteiger partial charge in [0, 0.05) is 48.8 Å². The molecule has 2 aromatic rings. The summed E-state index contributed by atoms with van der Waals surface area (Å²) in [5.41, 5.74) is 7.16. The minimum absolute atomic E-state index is 0.0390.